The maximum absolute atomic E-state index is 10.6. The zero-order chi connectivity index (χ0) is 9.14. The predicted octanol–water partition coefficient (Wildman–Crippen LogP) is 0.213. The molecule has 12 heavy (non-hydrogen) atoms. The maximum atomic E-state index is 10.6. The molecule has 0 unspecified atom stereocenters. The Balaban J connectivity index is 2.46. The lowest BCUT2D eigenvalue weighted by atomic mass is 9.84. The highest BCUT2D eigenvalue weighted by molar-refractivity contribution is 5.70. The molecule has 1 aliphatic rings. The molecule has 4 heteroatoms. The number of carbonyl (C=O) groups is 1. The molecule has 1 saturated carbocycles. The van der Waals surface area contributed by atoms with Crippen molar-refractivity contribution in [1.82, 2.24) is 0 Å². The van der Waals surface area contributed by atoms with Crippen LogP contribution in [-0.4, -0.2) is 30.3 Å². The van der Waals surface area contributed by atoms with Gasteiger partial charge in [-0.05, 0) is 19.3 Å². The Labute approximate surface area is 71.7 Å². The first kappa shape index (κ1) is 9.48. The van der Waals surface area contributed by atoms with E-state index in [9.17, 15) is 4.79 Å². The fraction of sp³-hybridized carbons (Fsp3) is 0.875. The molecular formula is C8H15NO3. The van der Waals surface area contributed by atoms with E-state index in [0.717, 1.165) is 6.42 Å². The number of carboxylic acid groups (broad SMARTS) is 1. The molecule has 0 radical (unpaired) electrons. The lowest BCUT2D eigenvalue weighted by Crippen LogP contribution is -2.43. The molecule has 0 saturated heterocycles. The summed E-state index contributed by atoms with van der Waals surface area (Å²) in [4.78, 5) is 10.6. The zero-order valence-electron chi connectivity index (χ0n) is 7.19. The second-order valence-electron chi connectivity index (χ2n) is 3.29. The molecule has 4 nitrogen and oxygen atoms in total. The van der Waals surface area contributed by atoms with Crippen molar-refractivity contribution in [3.63, 3.8) is 0 Å². The largest absolute Gasteiger partial charge is 0.481 e. The number of aliphatic carboxylic acids is 1. The van der Waals surface area contributed by atoms with E-state index >= 15 is 0 Å². The number of hydrogen-bond acceptors (Lipinski definition) is 3. The van der Waals surface area contributed by atoms with Crippen molar-refractivity contribution in [2.24, 2.45) is 11.7 Å². The van der Waals surface area contributed by atoms with Crippen molar-refractivity contribution in [3.05, 3.63) is 0 Å². The summed E-state index contributed by atoms with van der Waals surface area (Å²) >= 11 is 0. The summed E-state index contributed by atoms with van der Waals surface area (Å²) in [5.74, 6) is -1.01. The van der Waals surface area contributed by atoms with Gasteiger partial charge in [0.1, 0.15) is 0 Å². The molecule has 0 heterocycles. The van der Waals surface area contributed by atoms with Gasteiger partial charge in [0.15, 0.2) is 0 Å². The van der Waals surface area contributed by atoms with Gasteiger partial charge in [-0.2, -0.15) is 0 Å². The molecule has 0 aliphatic heterocycles. The van der Waals surface area contributed by atoms with Crippen LogP contribution in [0.5, 0.6) is 0 Å². The zero-order valence-corrected chi connectivity index (χ0v) is 7.19. The third-order valence-electron chi connectivity index (χ3n) is 2.49. The number of ether oxygens (including phenoxy) is 1. The Morgan fingerprint density at radius 2 is 2.25 bits per heavy atom. The van der Waals surface area contributed by atoms with E-state index in [1.165, 1.54) is 0 Å². The SMILES string of the molecule is CO[C@H]1CC[C@@H](C(=O)O)C[C@@H]1N. The van der Waals surface area contributed by atoms with Gasteiger partial charge in [-0.25, -0.2) is 0 Å². The smallest absolute Gasteiger partial charge is 0.306 e. The van der Waals surface area contributed by atoms with Gasteiger partial charge in [0.05, 0.1) is 12.0 Å². The molecule has 3 N–H and O–H groups in total. The van der Waals surface area contributed by atoms with Crippen LogP contribution in [0.3, 0.4) is 0 Å². The van der Waals surface area contributed by atoms with Crippen LogP contribution < -0.4 is 5.73 Å². The number of nitrogens with two attached hydrogens (primary N) is 1. The average molecular weight is 173 g/mol. The van der Waals surface area contributed by atoms with Gasteiger partial charge in [-0.1, -0.05) is 0 Å². The normalized spacial score (nSPS) is 36.3. The Morgan fingerprint density at radius 1 is 1.58 bits per heavy atom. The highest BCUT2D eigenvalue weighted by Crippen LogP contribution is 2.25. The highest BCUT2D eigenvalue weighted by Gasteiger charge is 2.31. The number of methoxy groups -OCH3 is 1. The van der Waals surface area contributed by atoms with Gasteiger partial charge in [0, 0.05) is 13.2 Å². The van der Waals surface area contributed by atoms with Crippen LogP contribution >= 0.6 is 0 Å². The van der Waals surface area contributed by atoms with Crippen molar-refractivity contribution in [1.29, 1.82) is 0 Å². The number of carboxylic acids is 1. The van der Waals surface area contributed by atoms with E-state index in [4.69, 9.17) is 15.6 Å². The Hall–Kier alpha value is -0.610. The third kappa shape index (κ3) is 1.95. The van der Waals surface area contributed by atoms with Gasteiger partial charge in [-0.3, -0.25) is 4.79 Å². The first-order valence-electron chi connectivity index (χ1n) is 4.16. The molecule has 0 spiro atoms. The van der Waals surface area contributed by atoms with Crippen LogP contribution in [0.1, 0.15) is 19.3 Å². The van der Waals surface area contributed by atoms with Crippen LogP contribution in [0, 0.1) is 5.92 Å². The van der Waals surface area contributed by atoms with Crippen molar-refractivity contribution < 1.29 is 14.6 Å². The average Bonchev–Trinajstić information content (AvgIpc) is 2.04. The van der Waals surface area contributed by atoms with E-state index < -0.39 is 5.97 Å². The molecule has 1 fully saturated rings. The van der Waals surface area contributed by atoms with E-state index in [0.29, 0.717) is 12.8 Å². The first-order valence-corrected chi connectivity index (χ1v) is 4.16. The lowest BCUT2D eigenvalue weighted by Gasteiger charge is -2.30. The second-order valence-corrected chi connectivity index (χ2v) is 3.29. The topological polar surface area (TPSA) is 72.5 Å². The third-order valence-corrected chi connectivity index (χ3v) is 2.49. The fourth-order valence-corrected chi connectivity index (χ4v) is 1.69. The maximum Gasteiger partial charge on any atom is 0.306 e. The van der Waals surface area contributed by atoms with Gasteiger partial charge in [0.2, 0.25) is 0 Å². The summed E-state index contributed by atoms with van der Waals surface area (Å²) in [7, 11) is 1.62. The van der Waals surface area contributed by atoms with Crippen LogP contribution in [0.15, 0.2) is 0 Å². The van der Waals surface area contributed by atoms with Crippen molar-refractivity contribution in [2.75, 3.05) is 7.11 Å². The van der Waals surface area contributed by atoms with Gasteiger partial charge >= 0.3 is 5.97 Å². The van der Waals surface area contributed by atoms with E-state index in [1.807, 2.05) is 0 Å². The summed E-state index contributed by atoms with van der Waals surface area (Å²) in [6.07, 6.45) is 2.02. The summed E-state index contributed by atoms with van der Waals surface area (Å²) in [5.41, 5.74) is 5.73. The standard InChI is InChI=1S/C8H15NO3/c1-12-7-3-2-5(8(10)11)4-6(7)9/h5-7H,2-4,9H2,1H3,(H,10,11)/t5-,6+,7+/m1/s1. The summed E-state index contributed by atoms with van der Waals surface area (Å²) in [5, 5.41) is 8.72. The highest BCUT2D eigenvalue weighted by atomic mass is 16.5. The molecule has 3 atom stereocenters. The molecule has 1 aliphatic carbocycles. The minimum atomic E-state index is -0.736. The van der Waals surface area contributed by atoms with E-state index in [2.05, 4.69) is 0 Å². The summed E-state index contributed by atoms with van der Waals surface area (Å²) < 4.78 is 5.11. The molecule has 0 aromatic carbocycles. The van der Waals surface area contributed by atoms with Crippen LogP contribution in [-0.2, 0) is 9.53 Å². The van der Waals surface area contributed by atoms with Crippen LogP contribution in [0.2, 0.25) is 0 Å². The van der Waals surface area contributed by atoms with Crippen molar-refractivity contribution >= 4 is 5.97 Å². The minimum Gasteiger partial charge on any atom is -0.481 e. The molecular weight excluding hydrogens is 158 g/mol. The van der Waals surface area contributed by atoms with E-state index in [-0.39, 0.29) is 18.1 Å². The van der Waals surface area contributed by atoms with Crippen molar-refractivity contribution in [3.8, 4) is 0 Å². The van der Waals surface area contributed by atoms with Gasteiger partial charge in [0.25, 0.3) is 0 Å². The summed E-state index contributed by atoms with van der Waals surface area (Å²) in [6, 6.07) is -0.121. The van der Waals surface area contributed by atoms with Crippen LogP contribution in [0.4, 0.5) is 0 Å². The van der Waals surface area contributed by atoms with Crippen LogP contribution in [0.25, 0.3) is 0 Å². The Bertz CT molecular complexity index is 172. The number of rotatable bonds is 2. The van der Waals surface area contributed by atoms with E-state index in [1.54, 1.807) is 7.11 Å². The van der Waals surface area contributed by atoms with Crippen molar-refractivity contribution in [2.45, 2.75) is 31.4 Å². The lowest BCUT2D eigenvalue weighted by molar-refractivity contribution is -0.144. The molecule has 70 valence electrons. The Kier molecular flexibility index (Phi) is 3.05. The number of hydrogen-bond donors (Lipinski definition) is 2. The predicted molar refractivity (Wildman–Crippen MR) is 43.7 cm³/mol. The molecule has 1 rings (SSSR count). The first-order chi connectivity index (χ1) is 5.65. The summed E-state index contributed by atoms with van der Waals surface area (Å²) in [6.45, 7) is 0. The quantitative estimate of drug-likeness (QED) is 0.626. The fourth-order valence-electron chi connectivity index (χ4n) is 1.69. The van der Waals surface area contributed by atoms with Gasteiger partial charge < -0.3 is 15.6 Å². The molecule has 0 bridgehead atoms. The molecule has 0 aromatic heterocycles. The molecule has 0 aromatic rings. The monoisotopic (exact) mass is 173 g/mol. The molecule has 0 amide bonds. The second kappa shape index (κ2) is 3.87. The minimum absolute atomic E-state index is 0.0422. The van der Waals surface area contributed by atoms with Gasteiger partial charge in [-0.15, -0.1) is 0 Å². The Morgan fingerprint density at radius 3 is 2.67 bits per heavy atom.